The summed E-state index contributed by atoms with van der Waals surface area (Å²) in [6.07, 6.45) is 4.77. The minimum Gasteiger partial charge on any atom is -0.340 e. The maximum atomic E-state index is 12.1. The molecule has 2 aliphatic rings. The third-order valence-electron chi connectivity index (χ3n) is 4.99. The van der Waals surface area contributed by atoms with Crippen molar-refractivity contribution < 1.29 is 4.79 Å². The van der Waals surface area contributed by atoms with Crippen LogP contribution in [-0.2, 0) is 4.79 Å². The molecule has 2 saturated heterocycles. The Kier molecular flexibility index (Phi) is 9.80. The first-order valence-electron chi connectivity index (χ1n) is 9.81. The molecule has 0 atom stereocenters. The highest BCUT2D eigenvalue weighted by atomic mass is 16.2. The number of likely N-dealkylation sites (tertiary alicyclic amines) is 1. The second-order valence-corrected chi connectivity index (χ2v) is 7.21. The summed E-state index contributed by atoms with van der Waals surface area (Å²) in [5.41, 5.74) is 0. The summed E-state index contributed by atoms with van der Waals surface area (Å²) >= 11 is 0. The molecule has 0 spiro atoms. The largest absolute Gasteiger partial charge is 0.340 e. The maximum absolute atomic E-state index is 12.1. The maximum Gasteiger partial charge on any atom is 0.222 e. The molecule has 0 aliphatic carbocycles. The highest BCUT2D eigenvalue weighted by Gasteiger charge is 2.24. The number of carbonyl (C=O) groups is 1. The number of hydrogen-bond acceptors (Lipinski definition) is 3. The van der Waals surface area contributed by atoms with Gasteiger partial charge in [0, 0.05) is 32.6 Å². The molecular weight excluding hydrogens is 286 g/mol. The van der Waals surface area contributed by atoms with Gasteiger partial charge in [0.2, 0.25) is 5.91 Å². The first kappa shape index (κ1) is 20.4. The van der Waals surface area contributed by atoms with Gasteiger partial charge in [-0.2, -0.15) is 0 Å². The number of piperidine rings is 1. The molecule has 136 valence electrons. The van der Waals surface area contributed by atoms with Crippen molar-refractivity contribution in [2.45, 2.75) is 60.3 Å². The van der Waals surface area contributed by atoms with Crippen molar-refractivity contribution >= 4 is 5.91 Å². The van der Waals surface area contributed by atoms with E-state index in [-0.39, 0.29) is 0 Å². The Morgan fingerprint density at radius 3 is 1.96 bits per heavy atom. The van der Waals surface area contributed by atoms with Crippen LogP contribution >= 0.6 is 0 Å². The first-order chi connectivity index (χ1) is 11.1. The molecule has 0 saturated carbocycles. The first-order valence-corrected chi connectivity index (χ1v) is 9.81. The van der Waals surface area contributed by atoms with E-state index in [0.29, 0.717) is 18.2 Å². The van der Waals surface area contributed by atoms with Gasteiger partial charge < -0.3 is 4.90 Å². The molecule has 2 rings (SSSR count). The lowest BCUT2D eigenvalue weighted by Crippen LogP contribution is -2.52. The Labute approximate surface area is 144 Å². The van der Waals surface area contributed by atoms with Crippen molar-refractivity contribution in [3.05, 3.63) is 0 Å². The molecule has 23 heavy (non-hydrogen) atoms. The van der Waals surface area contributed by atoms with Gasteiger partial charge >= 0.3 is 0 Å². The van der Waals surface area contributed by atoms with Gasteiger partial charge in [-0.1, -0.05) is 41.0 Å². The van der Waals surface area contributed by atoms with Crippen molar-refractivity contribution in [1.29, 1.82) is 0 Å². The van der Waals surface area contributed by atoms with Crippen LogP contribution in [0.4, 0.5) is 0 Å². The number of rotatable bonds is 5. The predicted molar refractivity (Wildman–Crippen MR) is 98.4 cm³/mol. The van der Waals surface area contributed by atoms with Gasteiger partial charge in [0.15, 0.2) is 0 Å². The van der Waals surface area contributed by atoms with Crippen molar-refractivity contribution in [1.82, 2.24) is 14.7 Å². The van der Waals surface area contributed by atoms with Crippen LogP contribution in [-0.4, -0.2) is 66.5 Å². The minimum atomic E-state index is 0.341. The van der Waals surface area contributed by atoms with Gasteiger partial charge in [0.05, 0.1) is 6.67 Å². The SMILES string of the molecule is CC.CCC1CCN(CN2CCN(C(=O)CC(C)C)CC2)CC1. The molecule has 1 amide bonds. The van der Waals surface area contributed by atoms with E-state index in [0.717, 1.165) is 38.8 Å². The fourth-order valence-corrected chi connectivity index (χ4v) is 3.44. The molecule has 4 nitrogen and oxygen atoms in total. The van der Waals surface area contributed by atoms with E-state index in [1.54, 1.807) is 0 Å². The van der Waals surface area contributed by atoms with Crippen LogP contribution in [0.1, 0.15) is 60.3 Å². The summed E-state index contributed by atoms with van der Waals surface area (Å²) < 4.78 is 0. The second kappa shape index (κ2) is 11.0. The highest BCUT2D eigenvalue weighted by molar-refractivity contribution is 5.76. The van der Waals surface area contributed by atoms with Crippen molar-refractivity contribution in [2.75, 3.05) is 45.9 Å². The van der Waals surface area contributed by atoms with Gasteiger partial charge in [-0.15, -0.1) is 0 Å². The summed E-state index contributed by atoms with van der Waals surface area (Å²) in [6.45, 7) is 18.1. The number of carbonyl (C=O) groups excluding carboxylic acids is 1. The smallest absolute Gasteiger partial charge is 0.222 e. The molecule has 0 aromatic heterocycles. The predicted octanol–water partition coefficient (Wildman–Crippen LogP) is 3.28. The Balaban J connectivity index is 0.00000127. The molecule has 0 aromatic rings. The lowest BCUT2D eigenvalue weighted by atomic mass is 9.95. The minimum absolute atomic E-state index is 0.341. The standard InChI is InChI=1S/C17H33N3O.C2H6/c1-4-16-5-7-18(8-6-16)14-19-9-11-20(12-10-19)17(21)13-15(2)3;1-2/h15-16H,4-14H2,1-3H3;1-2H3. The van der Waals surface area contributed by atoms with Crippen LogP contribution in [0.25, 0.3) is 0 Å². The summed E-state index contributed by atoms with van der Waals surface area (Å²) in [5, 5.41) is 0. The van der Waals surface area contributed by atoms with Crippen LogP contribution in [0, 0.1) is 11.8 Å². The fraction of sp³-hybridized carbons (Fsp3) is 0.947. The van der Waals surface area contributed by atoms with Crippen molar-refractivity contribution in [2.24, 2.45) is 11.8 Å². The van der Waals surface area contributed by atoms with E-state index >= 15 is 0 Å². The van der Waals surface area contributed by atoms with Gasteiger partial charge in [0.1, 0.15) is 0 Å². The average Bonchev–Trinajstić information content (AvgIpc) is 2.57. The van der Waals surface area contributed by atoms with Crippen LogP contribution in [0.3, 0.4) is 0 Å². The molecule has 2 aliphatic heterocycles. The summed E-state index contributed by atoms with van der Waals surface area (Å²) in [7, 11) is 0. The summed E-state index contributed by atoms with van der Waals surface area (Å²) in [6, 6.07) is 0. The molecular formula is C19H39N3O. The molecule has 4 heteroatoms. The zero-order valence-corrected chi connectivity index (χ0v) is 16.2. The average molecular weight is 326 g/mol. The quantitative estimate of drug-likeness (QED) is 0.776. The van der Waals surface area contributed by atoms with E-state index < -0.39 is 0 Å². The molecule has 2 heterocycles. The van der Waals surface area contributed by atoms with E-state index in [1.807, 2.05) is 13.8 Å². The van der Waals surface area contributed by atoms with E-state index in [1.165, 1.54) is 32.4 Å². The van der Waals surface area contributed by atoms with Crippen LogP contribution < -0.4 is 0 Å². The molecule has 0 N–H and O–H groups in total. The molecule has 0 radical (unpaired) electrons. The monoisotopic (exact) mass is 325 g/mol. The van der Waals surface area contributed by atoms with Gasteiger partial charge in [-0.05, 0) is 37.8 Å². The Morgan fingerprint density at radius 1 is 0.957 bits per heavy atom. The van der Waals surface area contributed by atoms with Crippen molar-refractivity contribution in [3.63, 3.8) is 0 Å². The Hall–Kier alpha value is -0.610. The lowest BCUT2D eigenvalue weighted by Gasteiger charge is -2.39. The molecule has 2 fully saturated rings. The van der Waals surface area contributed by atoms with Crippen LogP contribution in [0.15, 0.2) is 0 Å². The van der Waals surface area contributed by atoms with E-state index in [9.17, 15) is 4.79 Å². The number of hydrogen-bond donors (Lipinski definition) is 0. The molecule has 0 bridgehead atoms. The number of amides is 1. The topological polar surface area (TPSA) is 26.8 Å². The van der Waals surface area contributed by atoms with Crippen molar-refractivity contribution in [3.8, 4) is 0 Å². The molecule has 0 aromatic carbocycles. The van der Waals surface area contributed by atoms with Gasteiger partial charge in [0.25, 0.3) is 0 Å². The number of nitrogens with zero attached hydrogens (tertiary/aromatic N) is 3. The third-order valence-corrected chi connectivity index (χ3v) is 4.99. The highest BCUT2D eigenvalue weighted by Crippen LogP contribution is 2.20. The van der Waals surface area contributed by atoms with E-state index in [4.69, 9.17) is 0 Å². The Morgan fingerprint density at radius 2 is 1.48 bits per heavy atom. The van der Waals surface area contributed by atoms with Gasteiger partial charge in [-0.25, -0.2) is 0 Å². The zero-order chi connectivity index (χ0) is 17.2. The fourth-order valence-electron chi connectivity index (χ4n) is 3.44. The van der Waals surface area contributed by atoms with Crippen LogP contribution in [0.2, 0.25) is 0 Å². The zero-order valence-electron chi connectivity index (χ0n) is 16.2. The lowest BCUT2D eigenvalue weighted by molar-refractivity contribution is -0.134. The second-order valence-electron chi connectivity index (χ2n) is 7.21. The summed E-state index contributed by atoms with van der Waals surface area (Å²) in [4.78, 5) is 19.2. The van der Waals surface area contributed by atoms with E-state index in [2.05, 4.69) is 35.5 Å². The summed E-state index contributed by atoms with van der Waals surface area (Å²) in [5.74, 6) is 1.76. The normalized spacial score (nSPS) is 21.2. The molecule has 0 unspecified atom stereocenters. The van der Waals surface area contributed by atoms with Crippen LogP contribution in [0.5, 0.6) is 0 Å². The third kappa shape index (κ3) is 7.21. The van der Waals surface area contributed by atoms with Gasteiger partial charge in [-0.3, -0.25) is 14.6 Å². The number of piperazine rings is 1. The Bertz CT molecular complexity index is 317.